The fourth-order valence-electron chi connectivity index (χ4n) is 2.85. The predicted molar refractivity (Wildman–Crippen MR) is 79.1 cm³/mol. The van der Waals surface area contributed by atoms with Gasteiger partial charge in [-0.25, -0.2) is 12.8 Å². The van der Waals surface area contributed by atoms with E-state index in [-0.39, 0.29) is 4.90 Å². The Balaban J connectivity index is 2.06. The normalized spacial score (nSPS) is 27.1. The fourth-order valence-corrected chi connectivity index (χ4v) is 5.06. The molecule has 0 aromatic heterocycles. The minimum absolute atomic E-state index is 0.115. The highest BCUT2D eigenvalue weighted by molar-refractivity contribution is 7.92. The molecule has 1 fully saturated rings. The molecule has 3 rings (SSSR count). The van der Waals surface area contributed by atoms with E-state index in [9.17, 15) is 18.1 Å². The fraction of sp³-hybridized carbons (Fsp3) is 0.188. The topological polar surface area (TPSA) is 83.9 Å². The first-order valence-electron chi connectivity index (χ1n) is 6.66. The summed E-state index contributed by atoms with van der Waals surface area (Å²) in [6, 6.07) is 15.3. The largest absolute Gasteiger partial charge is 0.312 e. The van der Waals surface area contributed by atoms with E-state index in [1.54, 1.807) is 24.3 Å². The van der Waals surface area contributed by atoms with Crippen LogP contribution in [0.4, 0.5) is 4.39 Å². The third kappa shape index (κ3) is 2.10. The molecule has 1 aliphatic rings. The van der Waals surface area contributed by atoms with Gasteiger partial charge < -0.3 is 5.73 Å². The number of nitrogens with zero attached hydrogens (tertiary/aromatic N) is 1. The number of halogens is 1. The predicted octanol–water partition coefficient (Wildman–Crippen LogP) is 1.99. The summed E-state index contributed by atoms with van der Waals surface area (Å²) in [6.45, 7) is 0. The van der Waals surface area contributed by atoms with Crippen LogP contribution < -0.4 is 5.73 Å². The zero-order chi connectivity index (χ0) is 16.0. The molecular formula is C16H13FN2O2S. The van der Waals surface area contributed by atoms with Gasteiger partial charge in [-0.15, -0.1) is 0 Å². The Morgan fingerprint density at radius 1 is 1.14 bits per heavy atom. The second-order valence-corrected chi connectivity index (χ2v) is 7.43. The van der Waals surface area contributed by atoms with Gasteiger partial charge in [0.05, 0.1) is 11.0 Å². The first-order chi connectivity index (χ1) is 10.4. The second kappa shape index (κ2) is 4.90. The molecule has 2 aromatic rings. The van der Waals surface area contributed by atoms with Crippen molar-refractivity contribution >= 4 is 9.84 Å². The number of nitrogens with two attached hydrogens (primary N) is 1. The molecule has 1 saturated carbocycles. The summed E-state index contributed by atoms with van der Waals surface area (Å²) in [5.41, 5.74) is 4.86. The SMILES string of the molecule is N#C[C@@]1(N)[C@H](S(=O)(=O)c2ccccc2)[C@@H]1c1cccc(F)c1. The van der Waals surface area contributed by atoms with E-state index in [0.717, 1.165) is 0 Å². The summed E-state index contributed by atoms with van der Waals surface area (Å²) in [7, 11) is -3.77. The molecule has 1 aliphatic carbocycles. The first kappa shape index (κ1) is 14.7. The molecule has 0 radical (unpaired) electrons. The van der Waals surface area contributed by atoms with Crippen molar-refractivity contribution in [1.29, 1.82) is 5.26 Å². The minimum atomic E-state index is -3.77. The number of nitriles is 1. The Morgan fingerprint density at radius 2 is 1.82 bits per heavy atom. The lowest BCUT2D eigenvalue weighted by atomic mass is 10.1. The summed E-state index contributed by atoms with van der Waals surface area (Å²) in [6.07, 6.45) is 0. The molecule has 0 bridgehead atoms. The van der Waals surface area contributed by atoms with E-state index in [1.807, 2.05) is 6.07 Å². The summed E-state index contributed by atoms with van der Waals surface area (Å²) < 4.78 is 38.8. The number of rotatable bonds is 3. The third-order valence-electron chi connectivity index (χ3n) is 3.99. The van der Waals surface area contributed by atoms with Gasteiger partial charge in [-0.2, -0.15) is 5.26 Å². The van der Waals surface area contributed by atoms with E-state index >= 15 is 0 Å². The van der Waals surface area contributed by atoms with Crippen molar-refractivity contribution in [3.8, 4) is 6.07 Å². The molecule has 3 atom stereocenters. The van der Waals surface area contributed by atoms with E-state index in [0.29, 0.717) is 5.56 Å². The lowest BCUT2D eigenvalue weighted by Crippen LogP contribution is -2.29. The second-order valence-electron chi connectivity index (χ2n) is 5.36. The zero-order valence-electron chi connectivity index (χ0n) is 11.5. The van der Waals surface area contributed by atoms with Crippen LogP contribution in [0, 0.1) is 17.1 Å². The van der Waals surface area contributed by atoms with E-state index in [1.165, 1.54) is 30.3 Å². The van der Waals surface area contributed by atoms with Crippen LogP contribution in [0.3, 0.4) is 0 Å². The van der Waals surface area contributed by atoms with Crippen LogP contribution in [0.5, 0.6) is 0 Å². The van der Waals surface area contributed by atoms with Crippen LogP contribution in [0.1, 0.15) is 11.5 Å². The average Bonchev–Trinajstić information content (AvgIpc) is 3.16. The Labute approximate surface area is 127 Å². The highest BCUT2D eigenvalue weighted by atomic mass is 32.2. The number of hydrogen-bond donors (Lipinski definition) is 1. The Morgan fingerprint density at radius 3 is 2.41 bits per heavy atom. The van der Waals surface area contributed by atoms with Crippen LogP contribution in [-0.2, 0) is 9.84 Å². The maximum Gasteiger partial charge on any atom is 0.184 e. The standard InChI is InChI=1S/C16H13FN2O2S/c17-12-6-4-5-11(9-12)14-15(16(14,19)10-18)22(20,21)13-7-2-1-3-8-13/h1-9,14-15H,19H2/t14-,15+,16-/m0/s1. The molecule has 2 N–H and O–H groups in total. The summed E-state index contributed by atoms with van der Waals surface area (Å²) >= 11 is 0. The highest BCUT2D eigenvalue weighted by Crippen LogP contribution is 2.55. The van der Waals surface area contributed by atoms with Gasteiger partial charge in [0.2, 0.25) is 0 Å². The van der Waals surface area contributed by atoms with Crippen molar-refractivity contribution in [2.24, 2.45) is 5.73 Å². The van der Waals surface area contributed by atoms with Crippen molar-refractivity contribution < 1.29 is 12.8 Å². The lowest BCUT2D eigenvalue weighted by molar-refractivity contribution is 0.591. The van der Waals surface area contributed by atoms with Gasteiger partial charge in [-0.3, -0.25) is 0 Å². The van der Waals surface area contributed by atoms with Crippen molar-refractivity contribution in [2.45, 2.75) is 21.6 Å². The molecule has 6 heteroatoms. The van der Waals surface area contributed by atoms with E-state index < -0.39 is 32.4 Å². The Kier molecular flexibility index (Phi) is 3.28. The third-order valence-corrected chi connectivity index (χ3v) is 6.25. The molecule has 22 heavy (non-hydrogen) atoms. The van der Waals surface area contributed by atoms with Gasteiger partial charge in [-0.1, -0.05) is 30.3 Å². The molecule has 4 nitrogen and oxygen atoms in total. The van der Waals surface area contributed by atoms with Crippen LogP contribution in [0.25, 0.3) is 0 Å². The lowest BCUT2D eigenvalue weighted by Gasteiger charge is -2.04. The van der Waals surface area contributed by atoms with Gasteiger partial charge in [0.1, 0.15) is 16.6 Å². The monoisotopic (exact) mass is 316 g/mol. The van der Waals surface area contributed by atoms with Gasteiger partial charge in [0.25, 0.3) is 0 Å². The highest BCUT2D eigenvalue weighted by Gasteiger charge is 2.70. The molecule has 0 aliphatic heterocycles. The zero-order valence-corrected chi connectivity index (χ0v) is 12.3. The molecule has 112 valence electrons. The van der Waals surface area contributed by atoms with Crippen molar-refractivity contribution in [2.75, 3.05) is 0 Å². The Bertz CT molecular complexity index is 861. The van der Waals surface area contributed by atoms with E-state index in [4.69, 9.17) is 5.73 Å². The van der Waals surface area contributed by atoms with Crippen LogP contribution in [0.15, 0.2) is 59.5 Å². The quantitative estimate of drug-likeness (QED) is 0.938. The average molecular weight is 316 g/mol. The van der Waals surface area contributed by atoms with Crippen molar-refractivity contribution in [3.63, 3.8) is 0 Å². The van der Waals surface area contributed by atoms with Gasteiger partial charge in [0.15, 0.2) is 9.84 Å². The van der Waals surface area contributed by atoms with Crippen LogP contribution in [-0.4, -0.2) is 19.2 Å². The molecule has 0 heterocycles. The smallest absolute Gasteiger partial charge is 0.184 e. The summed E-state index contributed by atoms with van der Waals surface area (Å²) in [5, 5.41) is 8.24. The minimum Gasteiger partial charge on any atom is -0.312 e. The van der Waals surface area contributed by atoms with Gasteiger partial charge in [-0.05, 0) is 29.8 Å². The number of hydrogen-bond acceptors (Lipinski definition) is 4. The summed E-state index contributed by atoms with van der Waals surface area (Å²) in [4.78, 5) is 0.115. The van der Waals surface area contributed by atoms with Crippen molar-refractivity contribution in [3.05, 3.63) is 66.0 Å². The molecule has 0 amide bonds. The first-order valence-corrected chi connectivity index (χ1v) is 8.20. The van der Waals surface area contributed by atoms with Crippen LogP contribution >= 0.6 is 0 Å². The molecular weight excluding hydrogens is 303 g/mol. The van der Waals surface area contributed by atoms with Crippen molar-refractivity contribution in [1.82, 2.24) is 0 Å². The Hall–Kier alpha value is -2.23. The maximum atomic E-state index is 13.4. The molecule has 0 spiro atoms. The maximum absolute atomic E-state index is 13.4. The van der Waals surface area contributed by atoms with Crippen LogP contribution in [0.2, 0.25) is 0 Å². The molecule has 2 aromatic carbocycles. The molecule has 0 saturated heterocycles. The van der Waals surface area contributed by atoms with Gasteiger partial charge >= 0.3 is 0 Å². The number of sulfone groups is 1. The van der Waals surface area contributed by atoms with Gasteiger partial charge in [0, 0.05) is 5.92 Å². The molecule has 0 unspecified atom stereocenters. The summed E-state index contributed by atoms with van der Waals surface area (Å²) in [5.74, 6) is -1.22. The number of benzene rings is 2. The van der Waals surface area contributed by atoms with E-state index in [2.05, 4.69) is 0 Å².